The summed E-state index contributed by atoms with van der Waals surface area (Å²) in [6.07, 6.45) is -3.75. The lowest BCUT2D eigenvalue weighted by molar-refractivity contribution is -0.208. The number of fused-ring (bicyclic) bond motifs is 1. The summed E-state index contributed by atoms with van der Waals surface area (Å²) in [7, 11) is 1.59. The van der Waals surface area contributed by atoms with Gasteiger partial charge in [0.25, 0.3) is 0 Å². The van der Waals surface area contributed by atoms with Crippen molar-refractivity contribution < 1.29 is 22.7 Å². The van der Waals surface area contributed by atoms with Gasteiger partial charge >= 0.3 is 12.1 Å². The quantitative estimate of drug-likeness (QED) is 0.886. The van der Waals surface area contributed by atoms with E-state index in [9.17, 15) is 18.0 Å². The van der Waals surface area contributed by atoms with E-state index in [-0.39, 0.29) is 17.6 Å². The van der Waals surface area contributed by atoms with Gasteiger partial charge in [-0.1, -0.05) is 18.2 Å². The lowest BCUT2D eigenvalue weighted by Crippen LogP contribution is -2.57. The molecule has 1 aromatic heterocycles. The molecule has 0 fully saturated rings. The van der Waals surface area contributed by atoms with E-state index in [0.717, 1.165) is 0 Å². The third-order valence-electron chi connectivity index (χ3n) is 3.37. The number of carbonyl (C=O) groups excluding carboxylic acids is 1. The summed E-state index contributed by atoms with van der Waals surface area (Å²) < 4.78 is 46.4. The van der Waals surface area contributed by atoms with Gasteiger partial charge in [0.2, 0.25) is 5.54 Å². The molecule has 0 aliphatic heterocycles. The molecule has 0 aliphatic carbocycles. The first-order valence-electron chi connectivity index (χ1n) is 6.30. The molecule has 4 nitrogen and oxygen atoms in total. The molecule has 1 atom stereocenters. The van der Waals surface area contributed by atoms with Crippen molar-refractivity contribution in [2.45, 2.75) is 18.6 Å². The van der Waals surface area contributed by atoms with E-state index in [1.807, 2.05) is 0 Å². The number of para-hydroxylation sites is 1. The zero-order valence-corrected chi connectivity index (χ0v) is 11.6. The number of ether oxygens (including phenoxy) is 1. The fraction of sp³-hybridized carbons (Fsp3) is 0.357. The van der Waals surface area contributed by atoms with Crippen LogP contribution in [0.2, 0.25) is 0 Å². The number of halogens is 3. The molecule has 0 unspecified atom stereocenters. The Bertz CT molecular complexity index is 678. The Morgan fingerprint density at radius 1 is 1.33 bits per heavy atom. The minimum atomic E-state index is -4.97. The average Bonchev–Trinajstić information content (AvgIpc) is 2.75. The van der Waals surface area contributed by atoms with Crippen molar-refractivity contribution in [2.24, 2.45) is 12.8 Å². The van der Waals surface area contributed by atoms with Crippen LogP contribution in [0.5, 0.6) is 0 Å². The molecule has 0 saturated heterocycles. The van der Waals surface area contributed by atoms with Crippen molar-refractivity contribution in [2.75, 3.05) is 6.61 Å². The predicted octanol–water partition coefficient (Wildman–Crippen LogP) is 2.46. The van der Waals surface area contributed by atoms with E-state index in [4.69, 9.17) is 5.73 Å². The Balaban J connectivity index is 2.74. The normalized spacial score (nSPS) is 15.0. The van der Waals surface area contributed by atoms with Gasteiger partial charge in [0.1, 0.15) is 0 Å². The largest absolute Gasteiger partial charge is 0.464 e. The van der Waals surface area contributed by atoms with E-state index in [0.29, 0.717) is 5.52 Å². The van der Waals surface area contributed by atoms with Crippen molar-refractivity contribution >= 4 is 16.9 Å². The third-order valence-corrected chi connectivity index (χ3v) is 3.37. The molecule has 2 rings (SSSR count). The molecule has 0 aliphatic rings. The van der Waals surface area contributed by atoms with Crippen LogP contribution >= 0.6 is 0 Å². The summed E-state index contributed by atoms with van der Waals surface area (Å²) in [5, 5.41) is 0.271. The van der Waals surface area contributed by atoms with Gasteiger partial charge in [0.15, 0.2) is 0 Å². The number of alkyl halides is 3. The summed E-state index contributed by atoms with van der Waals surface area (Å²) in [5.41, 5.74) is 2.54. The molecule has 2 aromatic rings. The highest BCUT2D eigenvalue weighted by molar-refractivity contribution is 5.93. The average molecular weight is 300 g/mol. The topological polar surface area (TPSA) is 57.2 Å². The summed E-state index contributed by atoms with van der Waals surface area (Å²) in [5.74, 6) is -1.51. The Morgan fingerprint density at radius 3 is 2.52 bits per heavy atom. The van der Waals surface area contributed by atoms with Gasteiger partial charge in [-0.3, -0.25) is 0 Å². The number of esters is 1. The van der Waals surface area contributed by atoms with E-state index >= 15 is 0 Å². The molecule has 0 bridgehead atoms. The number of benzene rings is 1. The SMILES string of the molecule is CCOC(=O)[C@](N)(c1cn(C)c2ccccc12)C(F)(F)F. The van der Waals surface area contributed by atoms with Crippen LogP contribution in [0.1, 0.15) is 12.5 Å². The van der Waals surface area contributed by atoms with Crippen LogP contribution in [0.25, 0.3) is 10.9 Å². The monoisotopic (exact) mass is 300 g/mol. The van der Waals surface area contributed by atoms with Gasteiger partial charge < -0.3 is 15.0 Å². The highest BCUT2D eigenvalue weighted by atomic mass is 19.4. The first kappa shape index (κ1) is 15.4. The lowest BCUT2D eigenvalue weighted by atomic mass is 9.90. The highest BCUT2D eigenvalue weighted by Crippen LogP contribution is 2.41. The number of hydrogen-bond acceptors (Lipinski definition) is 3. The molecule has 0 saturated carbocycles. The zero-order valence-electron chi connectivity index (χ0n) is 11.6. The number of hydrogen-bond donors (Lipinski definition) is 1. The predicted molar refractivity (Wildman–Crippen MR) is 71.5 cm³/mol. The number of nitrogens with two attached hydrogens (primary N) is 1. The summed E-state index contributed by atoms with van der Waals surface area (Å²) in [6, 6.07) is 6.44. The summed E-state index contributed by atoms with van der Waals surface area (Å²) in [4.78, 5) is 11.9. The van der Waals surface area contributed by atoms with E-state index in [1.54, 1.807) is 25.2 Å². The fourth-order valence-corrected chi connectivity index (χ4v) is 2.28. The van der Waals surface area contributed by atoms with Crippen molar-refractivity contribution in [1.82, 2.24) is 4.57 Å². The van der Waals surface area contributed by atoms with E-state index in [1.165, 1.54) is 23.8 Å². The molecule has 0 spiro atoms. The molecule has 2 N–H and O–H groups in total. The number of rotatable bonds is 3. The lowest BCUT2D eigenvalue weighted by Gasteiger charge is -2.29. The highest BCUT2D eigenvalue weighted by Gasteiger charge is 2.61. The molecule has 114 valence electrons. The second-order valence-corrected chi connectivity index (χ2v) is 4.70. The minimum Gasteiger partial charge on any atom is -0.464 e. The second kappa shape index (κ2) is 5.07. The van der Waals surface area contributed by atoms with Gasteiger partial charge in [-0.05, 0) is 13.0 Å². The summed E-state index contributed by atoms with van der Waals surface area (Å²) in [6.45, 7) is 1.25. The maximum absolute atomic E-state index is 13.5. The van der Waals surface area contributed by atoms with Crippen molar-refractivity contribution in [3.63, 3.8) is 0 Å². The van der Waals surface area contributed by atoms with E-state index < -0.39 is 17.7 Å². The van der Waals surface area contributed by atoms with Crippen LogP contribution in [0.15, 0.2) is 30.5 Å². The van der Waals surface area contributed by atoms with E-state index in [2.05, 4.69) is 4.74 Å². The minimum absolute atomic E-state index is 0.182. The second-order valence-electron chi connectivity index (χ2n) is 4.70. The van der Waals surface area contributed by atoms with Crippen LogP contribution in [0.4, 0.5) is 13.2 Å². The number of aryl methyl sites for hydroxylation is 1. The van der Waals surface area contributed by atoms with Gasteiger partial charge in [-0.15, -0.1) is 0 Å². The molecule has 0 radical (unpaired) electrons. The Morgan fingerprint density at radius 2 is 1.95 bits per heavy atom. The Labute approximate surface area is 119 Å². The molecule has 1 aromatic carbocycles. The van der Waals surface area contributed by atoms with Crippen LogP contribution in [0.3, 0.4) is 0 Å². The first-order chi connectivity index (χ1) is 9.73. The number of nitrogens with zero attached hydrogens (tertiary/aromatic N) is 1. The molecule has 7 heteroatoms. The molecular weight excluding hydrogens is 285 g/mol. The smallest absolute Gasteiger partial charge is 0.421 e. The van der Waals surface area contributed by atoms with Crippen LogP contribution in [-0.4, -0.2) is 23.3 Å². The molecule has 21 heavy (non-hydrogen) atoms. The Kier molecular flexibility index (Phi) is 3.71. The van der Waals surface area contributed by atoms with Crippen LogP contribution in [-0.2, 0) is 22.1 Å². The zero-order chi connectivity index (χ0) is 15.8. The van der Waals surface area contributed by atoms with Crippen LogP contribution in [0, 0.1) is 0 Å². The first-order valence-corrected chi connectivity index (χ1v) is 6.30. The number of aromatic nitrogens is 1. The van der Waals surface area contributed by atoms with Gasteiger partial charge in [-0.2, -0.15) is 13.2 Å². The van der Waals surface area contributed by atoms with Crippen molar-refractivity contribution in [1.29, 1.82) is 0 Å². The molecule has 0 amide bonds. The fourth-order valence-electron chi connectivity index (χ4n) is 2.28. The van der Waals surface area contributed by atoms with Gasteiger partial charge in [0, 0.05) is 29.7 Å². The molecule has 1 heterocycles. The van der Waals surface area contributed by atoms with Gasteiger partial charge in [0.05, 0.1) is 6.61 Å². The molecular formula is C14H15F3N2O2. The van der Waals surface area contributed by atoms with Gasteiger partial charge in [-0.25, -0.2) is 4.79 Å². The number of carbonyl (C=O) groups is 1. The maximum Gasteiger partial charge on any atom is 0.421 e. The standard InChI is InChI=1S/C14H15F3N2O2/c1-3-21-12(20)13(18,14(15,16)17)10-8-19(2)11-7-5-4-6-9(10)11/h4-8H,3,18H2,1-2H3/t13-/m1/s1. The van der Waals surface area contributed by atoms with Crippen LogP contribution < -0.4 is 5.73 Å². The van der Waals surface area contributed by atoms with Crippen molar-refractivity contribution in [3.8, 4) is 0 Å². The maximum atomic E-state index is 13.5. The third kappa shape index (κ3) is 2.27. The van der Waals surface area contributed by atoms with Crippen molar-refractivity contribution in [3.05, 3.63) is 36.0 Å². The Hall–Kier alpha value is -2.02. The summed E-state index contributed by atoms with van der Waals surface area (Å²) >= 11 is 0.